The van der Waals surface area contributed by atoms with Crippen molar-refractivity contribution < 1.29 is 23.8 Å². The Morgan fingerprint density at radius 3 is 2.65 bits per heavy atom. The van der Waals surface area contributed by atoms with Gasteiger partial charge in [-0.1, -0.05) is 18.2 Å². The van der Waals surface area contributed by atoms with E-state index in [4.69, 9.17) is 14.2 Å². The molecule has 2 amide bonds. The van der Waals surface area contributed by atoms with Gasteiger partial charge in [0.1, 0.15) is 23.6 Å². The molecule has 2 unspecified atom stereocenters. The van der Waals surface area contributed by atoms with Gasteiger partial charge in [-0.3, -0.25) is 9.59 Å². The molecule has 3 aromatic rings. The predicted molar refractivity (Wildman–Crippen MR) is 127 cm³/mol. The van der Waals surface area contributed by atoms with E-state index in [0.29, 0.717) is 37.5 Å². The van der Waals surface area contributed by atoms with Crippen molar-refractivity contribution in [1.82, 2.24) is 14.8 Å². The Balaban J connectivity index is 1.65. The van der Waals surface area contributed by atoms with E-state index in [2.05, 4.69) is 11.1 Å². The number of fused-ring (bicyclic) bond motifs is 4. The van der Waals surface area contributed by atoms with Gasteiger partial charge < -0.3 is 29.0 Å². The molecular formula is C26H29N3O5. The van der Waals surface area contributed by atoms with E-state index in [1.54, 1.807) is 31.1 Å². The summed E-state index contributed by atoms with van der Waals surface area (Å²) in [7, 11) is 4.84. The maximum Gasteiger partial charge on any atom is 0.246 e. The molecule has 2 aliphatic rings. The van der Waals surface area contributed by atoms with Crippen LogP contribution >= 0.6 is 0 Å². The van der Waals surface area contributed by atoms with Gasteiger partial charge in [-0.15, -0.1) is 0 Å². The number of ether oxygens (including phenoxy) is 3. The van der Waals surface area contributed by atoms with Crippen molar-refractivity contribution in [3.8, 4) is 11.5 Å². The van der Waals surface area contributed by atoms with E-state index in [0.717, 1.165) is 27.7 Å². The lowest BCUT2D eigenvalue weighted by atomic mass is 9.85. The van der Waals surface area contributed by atoms with E-state index in [9.17, 15) is 9.59 Å². The van der Waals surface area contributed by atoms with Crippen LogP contribution in [0.5, 0.6) is 11.5 Å². The second-order valence-corrected chi connectivity index (χ2v) is 8.70. The molecule has 2 aromatic carbocycles. The molecule has 0 aliphatic carbocycles. The lowest BCUT2D eigenvalue weighted by Crippen LogP contribution is -2.63. The van der Waals surface area contributed by atoms with E-state index < -0.39 is 12.1 Å². The Morgan fingerprint density at radius 2 is 1.88 bits per heavy atom. The molecule has 0 spiro atoms. The summed E-state index contributed by atoms with van der Waals surface area (Å²) in [5.74, 6) is 1.17. The highest BCUT2D eigenvalue weighted by Gasteiger charge is 2.48. The molecule has 1 fully saturated rings. The summed E-state index contributed by atoms with van der Waals surface area (Å²) < 4.78 is 16.2. The van der Waals surface area contributed by atoms with Crippen molar-refractivity contribution in [2.45, 2.75) is 24.9 Å². The minimum atomic E-state index is -0.577. The zero-order valence-electron chi connectivity index (χ0n) is 19.7. The van der Waals surface area contributed by atoms with Crippen LogP contribution in [0.1, 0.15) is 29.3 Å². The maximum absolute atomic E-state index is 13.6. The standard InChI is InChI=1S/C26H29N3O5/c1-32-12-6-11-28-15-23(30)29-21(26(28)31)14-19-17-7-4-5-8-20(17)27-24(19)25(29)18-10-9-16(33-2)13-22(18)34-3/h4-5,7-10,13,21,25,27H,6,11-12,14-15H2,1-3H3. The predicted octanol–water partition coefficient (Wildman–Crippen LogP) is 2.91. The number of benzene rings is 2. The number of hydrogen-bond acceptors (Lipinski definition) is 5. The number of rotatable bonds is 7. The Hall–Kier alpha value is -3.52. The van der Waals surface area contributed by atoms with Gasteiger partial charge in [0.2, 0.25) is 11.8 Å². The Morgan fingerprint density at radius 1 is 1.06 bits per heavy atom. The number of aromatic amines is 1. The van der Waals surface area contributed by atoms with Crippen molar-refractivity contribution in [2.75, 3.05) is 41.0 Å². The normalized spacial score (nSPS) is 19.9. The number of methoxy groups -OCH3 is 3. The first kappa shape index (κ1) is 22.3. The van der Waals surface area contributed by atoms with Crippen LogP contribution in [0.4, 0.5) is 0 Å². The van der Waals surface area contributed by atoms with Crippen molar-refractivity contribution in [3.63, 3.8) is 0 Å². The van der Waals surface area contributed by atoms with Crippen LogP contribution in [-0.2, 0) is 20.7 Å². The summed E-state index contributed by atoms with van der Waals surface area (Å²) in [5.41, 5.74) is 3.80. The highest BCUT2D eigenvalue weighted by Crippen LogP contribution is 2.45. The van der Waals surface area contributed by atoms with E-state index in [1.807, 2.05) is 36.4 Å². The molecule has 5 rings (SSSR count). The summed E-state index contributed by atoms with van der Waals surface area (Å²) in [4.78, 5) is 34.2. The second kappa shape index (κ2) is 9.02. The van der Waals surface area contributed by atoms with Crippen molar-refractivity contribution in [2.24, 2.45) is 0 Å². The Labute approximate surface area is 198 Å². The number of carbonyl (C=O) groups is 2. The first-order valence-corrected chi connectivity index (χ1v) is 11.5. The van der Waals surface area contributed by atoms with Gasteiger partial charge in [0.05, 0.1) is 20.8 Å². The molecule has 1 N–H and O–H groups in total. The molecule has 1 saturated heterocycles. The zero-order valence-corrected chi connectivity index (χ0v) is 19.7. The number of aromatic nitrogens is 1. The largest absolute Gasteiger partial charge is 0.497 e. The summed E-state index contributed by atoms with van der Waals surface area (Å²) in [6.45, 7) is 1.11. The summed E-state index contributed by atoms with van der Waals surface area (Å²) in [6.07, 6.45) is 1.16. The SMILES string of the molecule is COCCCN1CC(=O)N2C(Cc3c([nH]c4ccccc34)C2c2ccc(OC)cc2OC)C1=O. The first-order valence-electron chi connectivity index (χ1n) is 11.5. The van der Waals surface area contributed by atoms with Crippen LogP contribution in [0.3, 0.4) is 0 Å². The third-order valence-electron chi connectivity index (χ3n) is 6.85. The summed E-state index contributed by atoms with van der Waals surface area (Å²) >= 11 is 0. The lowest BCUT2D eigenvalue weighted by molar-refractivity contribution is -0.158. The zero-order chi connectivity index (χ0) is 23.8. The smallest absolute Gasteiger partial charge is 0.246 e. The van der Waals surface area contributed by atoms with E-state index >= 15 is 0 Å². The van der Waals surface area contributed by atoms with Gasteiger partial charge in [-0.2, -0.15) is 0 Å². The topological polar surface area (TPSA) is 84.1 Å². The highest BCUT2D eigenvalue weighted by molar-refractivity contribution is 5.97. The fourth-order valence-electron chi connectivity index (χ4n) is 5.28. The van der Waals surface area contributed by atoms with E-state index in [1.165, 1.54) is 0 Å². The molecule has 8 heteroatoms. The monoisotopic (exact) mass is 463 g/mol. The van der Waals surface area contributed by atoms with Gasteiger partial charge in [-0.05, 0) is 30.2 Å². The van der Waals surface area contributed by atoms with E-state index in [-0.39, 0.29) is 18.4 Å². The molecule has 0 radical (unpaired) electrons. The number of piperazine rings is 1. The van der Waals surface area contributed by atoms with Crippen LogP contribution in [0, 0.1) is 0 Å². The van der Waals surface area contributed by atoms with Crippen LogP contribution in [0.2, 0.25) is 0 Å². The first-order chi connectivity index (χ1) is 16.6. The van der Waals surface area contributed by atoms with Crippen LogP contribution in [-0.4, -0.2) is 73.7 Å². The molecule has 0 bridgehead atoms. The van der Waals surface area contributed by atoms with Gasteiger partial charge in [0, 0.05) is 54.9 Å². The second-order valence-electron chi connectivity index (χ2n) is 8.70. The molecule has 3 heterocycles. The number of hydrogen-bond donors (Lipinski definition) is 1. The van der Waals surface area contributed by atoms with Gasteiger partial charge in [0.25, 0.3) is 0 Å². The fourth-order valence-corrected chi connectivity index (χ4v) is 5.28. The number of H-pyrrole nitrogens is 1. The number of carbonyl (C=O) groups excluding carboxylic acids is 2. The molecule has 178 valence electrons. The number of nitrogens with zero attached hydrogens (tertiary/aromatic N) is 2. The Bertz CT molecular complexity index is 1240. The number of amides is 2. The lowest BCUT2D eigenvalue weighted by Gasteiger charge is -2.47. The summed E-state index contributed by atoms with van der Waals surface area (Å²) in [6, 6.07) is 12.6. The van der Waals surface area contributed by atoms with Crippen LogP contribution < -0.4 is 9.47 Å². The molecule has 2 atom stereocenters. The highest BCUT2D eigenvalue weighted by atomic mass is 16.5. The number of nitrogens with one attached hydrogen (secondary N) is 1. The quantitative estimate of drug-likeness (QED) is 0.545. The molecule has 2 aliphatic heterocycles. The molecule has 8 nitrogen and oxygen atoms in total. The minimum Gasteiger partial charge on any atom is -0.497 e. The Kier molecular flexibility index (Phi) is 5.91. The number of para-hydroxylation sites is 1. The molecule has 34 heavy (non-hydrogen) atoms. The average molecular weight is 464 g/mol. The fraction of sp³-hybridized carbons (Fsp3) is 0.385. The average Bonchev–Trinajstić information content (AvgIpc) is 3.24. The minimum absolute atomic E-state index is 0.0240. The third-order valence-corrected chi connectivity index (χ3v) is 6.85. The van der Waals surface area contributed by atoms with Gasteiger partial charge in [-0.25, -0.2) is 0 Å². The third kappa shape index (κ3) is 3.58. The summed E-state index contributed by atoms with van der Waals surface area (Å²) in [5, 5.41) is 1.08. The molecule has 1 aromatic heterocycles. The van der Waals surface area contributed by atoms with Crippen molar-refractivity contribution in [3.05, 3.63) is 59.3 Å². The maximum atomic E-state index is 13.6. The molecular weight excluding hydrogens is 434 g/mol. The van der Waals surface area contributed by atoms with Crippen molar-refractivity contribution in [1.29, 1.82) is 0 Å². The molecule has 0 saturated carbocycles. The van der Waals surface area contributed by atoms with Gasteiger partial charge in [0.15, 0.2) is 0 Å². The van der Waals surface area contributed by atoms with Crippen LogP contribution in [0.15, 0.2) is 42.5 Å². The van der Waals surface area contributed by atoms with Crippen molar-refractivity contribution >= 4 is 22.7 Å². The van der Waals surface area contributed by atoms with Crippen LogP contribution in [0.25, 0.3) is 10.9 Å². The van der Waals surface area contributed by atoms with Gasteiger partial charge >= 0.3 is 0 Å².